The second-order valence-corrected chi connectivity index (χ2v) is 5.97. The molecule has 1 fully saturated rings. The number of carbonyl (C=O) groups excluding carboxylic acids is 1. The molecule has 5 nitrogen and oxygen atoms in total. The molecule has 21 heavy (non-hydrogen) atoms. The number of hydrogen-bond donors (Lipinski definition) is 2. The van der Waals surface area contributed by atoms with Crippen LogP contribution in [-0.2, 0) is 4.79 Å². The van der Waals surface area contributed by atoms with Crippen LogP contribution in [0.1, 0.15) is 19.3 Å². The normalized spacial score (nSPS) is 14.3. The monoisotopic (exact) mass is 346 g/mol. The lowest BCUT2D eigenvalue weighted by Crippen LogP contribution is -2.28. The van der Waals surface area contributed by atoms with E-state index in [4.69, 9.17) is 0 Å². The number of rotatable bonds is 4. The van der Waals surface area contributed by atoms with Crippen molar-refractivity contribution in [2.75, 3.05) is 10.6 Å². The lowest BCUT2D eigenvalue weighted by Gasteiger charge is -2.23. The van der Waals surface area contributed by atoms with Gasteiger partial charge in [0.2, 0.25) is 5.91 Å². The molecule has 2 aromatic rings. The van der Waals surface area contributed by atoms with E-state index < -0.39 is 0 Å². The number of nitrogens with zero attached hydrogens (tertiary/aromatic N) is 2. The summed E-state index contributed by atoms with van der Waals surface area (Å²) in [6.45, 7) is 0. The molecule has 2 N–H and O–H groups in total. The largest absolute Gasteiger partial charge is 0.339 e. The highest BCUT2D eigenvalue weighted by Crippen LogP contribution is 2.27. The molecule has 1 aliphatic carbocycles. The van der Waals surface area contributed by atoms with Crippen LogP contribution >= 0.6 is 15.9 Å². The first-order valence-corrected chi connectivity index (χ1v) is 7.67. The van der Waals surface area contributed by atoms with E-state index in [9.17, 15) is 4.79 Å². The maximum Gasteiger partial charge on any atom is 0.228 e. The molecule has 0 saturated heterocycles. The molecule has 1 aromatic heterocycles. The summed E-state index contributed by atoms with van der Waals surface area (Å²) >= 11 is 3.39. The van der Waals surface area contributed by atoms with Gasteiger partial charge in [0.1, 0.15) is 0 Å². The zero-order chi connectivity index (χ0) is 14.7. The molecule has 0 radical (unpaired) electrons. The van der Waals surface area contributed by atoms with Crippen molar-refractivity contribution in [2.24, 2.45) is 5.92 Å². The van der Waals surface area contributed by atoms with Crippen LogP contribution in [0.5, 0.6) is 0 Å². The van der Waals surface area contributed by atoms with Gasteiger partial charge in [-0.15, -0.1) is 10.2 Å². The molecule has 0 unspecified atom stereocenters. The molecule has 0 spiro atoms. The molecule has 1 aromatic carbocycles. The van der Waals surface area contributed by atoms with Crippen molar-refractivity contribution in [1.29, 1.82) is 0 Å². The molecule has 1 heterocycles. The number of amides is 1. The first kappa shape index (κ1) is 14.0. The van der Waals surface area contributed by atoms with E-state index in [1.165, 1.54) is 0 Å². The van der Waals surface area contributed by atoms with Crippen LogP contribution in [0.3, 0.4) is 0 Å². The van der Waals surface area contributed by atoms with Crippen LogP contribution < -0.4 is 10.6 Å². The lowest BCUT2D eigenvalue weighted by atomic mass is 9.85. The van der Waals surface area contributed by atoms with Gasteiger partial charge in [0.05, 0.1) is 0 Å². The summed E-state index contributed by atoms with van der Waals surface area (Å²) in [5, 5.41) is 14.0. The van der Waals surface area contributed by atoms with E-state index in [2.05, 4.69) is 36.8 Å². The molecule has 1 aliphatic rings. The Balaban J connectivity index is 1.60. The van der Waals surface area contributed by atoms with Crippen LogP contribution in [0.4, 0.5) is 17.3 Å². The molecule has 108 valence electrons. The van der Waals surface area contributed by atoms with Crippen molar-refractivity contribution in [3.63, 3.8) is 0 Å². The molecule has 1 saturated carbocycles. The number of halogens is 1. The molecule has 6 heteroatoms. The highest BCUT2D eigenvalue weighted by molar-refractivity contribution is 9.10. The molecule has 0 bridgehead atoms. The van der Waals surface area contributed by atoms with Crippen LogP contribution in [-0.4, -0.2) is 16.1 Å². The van der Waals surface area contributed by atoms with Gasteiger partial charge in [-0.05, 0) is 49.2 Å². The van der Waals surface area contributed by atoms with Crippen molar-refractivity contribution in [3.8, 4) is 0 Å². The summed E-state index contributed by atoms with van der Waals surface area (Å²) in [5.74, 6) is 1.32. The third kappa shape index (κ3) is 3.58. The number of benzene rings is 1. The van der Waals surface area contributed by atoms with Crippen LogP contribution in [0.15, 0.2) is 40.9 Å². The maximum absolute atomic E-state index is 11.8. The Bertz CT molecular complexity index is 623. The van der Waals surface area contributed by atoms with Crippen molar-refractivity contribution < 1.29 is 4.79 Å². The van der Waals surface area contributed by atoms with E-state index in [0.29, 0.717) is 11.6 Å². The van der Waals surface area contributed by atoms with Crippen LogP contribution in [0.2, 0.25) is 0 Å². The number of nitrogens with one attached hydrogen (secondary N) is 2. The molecule has 0 atom stereocenters. The quantitative estimate of drug-likeness (QED) is 0.885. The Hall–Kier alpha value is -1.95. The van der Waals surface area contributed by atoms with Crippen LogP contribution in [0, 0.1) is 5.92 Å². The minimum atomic E-state index is 0.0455. The van der Waals surface area contributed by atoms with Gasteiger partial charge in [-0.3, -0.25) is 4.79 Å². The van der Waals surface area contributed by atoms with Gasteiger partial charge >= 0.3 is 0 Å². The number of aromatic nitrogens is 2. The van der Waals surface area contributed by atoms with Gasteiger partial charge in [0.25, 0.3) is 0 Å². The van der Waals surface area contributed by atoms with E-state index in [1.54, 1.807) is 12.1 Å². The summed E-state index contributed by atoms with van der Waals surface area (Å²) in [6, 6.07) is 11.3. The fraction of sp³-hybridized carbons (Fsp3) is 0.267. The van der Waals surface area contributed by atoms with Gasteiger partial charge < -0.3 is 10.6 Å². The third-order valence-electron chi connectivity index (χ3n) is 3.51. The Morgan fingerprint density at radius 3 is 2.29 bits per heavy atom. The summed E-state index contributed by atoms with van der Waals surface area (Å²) < 4.78 is 1.02. The first-order valence-electron chi connectivity index (χ1n) is 6.88. The smallest absolute Gasteiger partial charge is 0.228 e. The van der Waals surface area contributed by atoms with Gasteiger partial charge in [0.15, 0.2) is 11.6 Å². The van der Waals surface area contributed by atoms with E-state index in [-0.39, 0.29) is 11.8 Å². The number of hydrogen-bond acceptors (Lipinski definition) is 4. The fourth-order valence-electron chi connectivity index (χ4n) is 2.05. The fourth-order valence-corrected chi connectivity index (χ4v) is 2.31. The second kappa shape index (κ2) is 6.22. The minimum absolute atomic E-state index is 0.0455. The molecule has 3 rings (SSSR count). The Morgan fingerprint density at radius 2 is 1.71 bits per heavy atom. The highest BCUT2D eigenvalue weighted by Gasteiger charge is 2.25. The van der Waals surface area contributed by atoms with E-state index in [0.717, 1.165) is 29.4 Å². The van der Waals surface area contributed by atoms with E-state index in [1.807, 2.05) is 24.3 Å². The number of anilines is 3. The predicted molar refractivity (Wildman–Crippen MR) is 85.4 cm³/mol. The average molecular weight is 347 g/mol. The first-order chi connectivity index (χ1) is 10.2. The van der Waals surface area contributed by atoms with Crippen molar-refractivity contribution in [2.45, 2.75) is 19.3 Å². The van der Waals surface area contributed by atoms with Crippen molar-refractivity contribution in [1.82, 2.24) is 10.2 Å². The molecule has 1 amide bonds. The molecular weight excluding hydrogens is 332 g/mol. The standard InChI is InChI=1S/C15H15BrN4O/c16-11-4-6-12(7-5-11)17-13-8-9-14(20-19-13)18-15(21)10-2-1-3-10/h4-10H,1-3H2,(H,17,19)(H,18,20,21). The third-order valence-corrected chi connectivity index (χ3v) is 4.04. The highest BCUT2D eigenvalue weighted by atomic mass is 79.9. The second-order valence-electron chi connectivity index (χ2n) is 5.05. The topological polar surface area (TPSA) is 66.9 Å². The average Bonchev–Trinajstić information content (AvgIpc) is 2.41. The van der Waals surface area contributed by atoms with Crippen molar-refractivity contribution in [3.05, 3.63) is 40.9 Å². The van der Waals surface area contributed by atoms with Gasteiger partial charge in [-0.1, -0.05) is 22.4 Å². The Labute approximate surface area is 131 Å². The molecular formula is C15H15BrN4O. The zero-order valence-electron chi connectivity index (χ0n) is 11.3. The maximum atomic E-state index is 11.8. The van der Waals surface area contributed by atoms with Crippen LogP contribution in [0.25, 0.3) is 0 Å². The Morgan fingerprint density at radius 1 is 1.05 bits per heavy atom. The summed E-state index contributed by atoms with van der Waals surface area (Å²) in [5.41, 5.74) is 0.929. The zero-order valence-corrected chi connectivity index (χ0v) is 12.9. The summed E-state index contributed by atoms with van der Waals surface area (Å²) in [6.07, 6.45) is 3.09. The molecule has 0 aliphatic heterocycles. The predicted octanol–water partition coefficient (Wildman–Crippen LogP) is 3.72. The SMILES string of the molecule is O=C(Nc1ccc(Nc2ccc(Br)cc2)nn1)C1CCC1. The summed E-state index contributed by atoms with van der Waals surface area (Å²) in [4.78, 5) is 11.8. The lowest BCUT2D eigenvalue weighted by molar-refractivity contribution is -0.122. The Kier molecular flexibility index (Phi) is 4.15. The van der Waals surface area contributed by atoms with E-state index >= 15 is 0 Å². The summed E-state index contributed by atoms with van der Waals surface area (Å²) in [7, 11) is 0. The van der Waals surface area contributed by atoms with Gasteiger partial charge in [-0.25, -0.2) is 0 Å². The number of carbonyl (C=O) groups is 1. The minimum Gasteiger partial charge on any atom is -0.339 e. The van der Waals surface area contributed by atoms with Gasteiger partial charge in [-0.2, -0.15) is 0 Å². The van der Waals surface area contributed by atoms with Crippen molar-refractivity contribution >= 4 is 39.2 Å². The van der Waals surface area contributed by atoms with Gasteiger partial charge in [0, 0.05) is 16.1 Å².